The fraction of sp³-hybridized carbons (Fsp3) is 0.429. The maximum Gasteiger partial charge on any atom is 2.00 e. The van der Waals surface area contributed by atoms with Crippen LogP contribution in [-0.2, 0) is 42.3 Å². The van der Waals surface area contributed by atoms with Crippen LogP contribution in [0.25, 0.3) is 0 Å². The van der Waals surface area contributed by atoms with Crippen molar-refractivity contribution in [2.75, 3.05) is 14.1 Å². The molecule has 16 heavy (non-hydrogen) atoms. The Morgan fingerprint density at radius 3 is 2.19 bits per heavy atom. The zero-order valence-electron chi connectivity index (χ0n) is 9.01. The van der Waals surface area contributed by atoms with E-state index in [1.807, 2.05) is 0 Å². The van der Waals surface area contributed by atoms with Gasteiger partial charge < -0.3 is 35.9 Å². The SMILES string of the molecule is CC(/C=N/N=C(\[S-])N(C)C)=N\N=C(\N)[S-].[67Cu+2]. The second kappa shape index (κ2) is 9.46. The first-order valence-electron chi connectivity index (χ1n) is 3.93. The summed E-state index contributed by atoms with van der Waals surface area (Å²) in [5, 5.41) is 15.0. The van der Waals surface area contributed by atoms with E-state index in [0.717, 1.165) is 0 Å². The topological polar surface area (TPSA) is 78.7 Å². The van der Waals surface area contributed by atoms with E-state index in [1.54, 1.807) is 25.9 Å². The van der Waals surface area contributed by atoms with Gasteiger partial charge in [0.2, 0.25) is 0 Å². The molecule has 0 aromatic carbocycles. The Morgan fingerprint density at radius 2 is 1.75 bits per heavy atom. The summed E-state index contributed by atoms with van der Waals surface area (Å²) in [4.78, 5) is 1.67. The molecule has 0 saturated heterocycles. The first kappa shape index (κ1) is 17.6. The van der Waals surface area contributed by atoms with Crippen LogP contribution in [0.5, 0.6) is 0 Å². The first-order chi connectivity index (χ1) is 6.93. The van der Waals surface area contributed by atoms with E-state index < -0.39 is 0 Å². The second-order valence-corrected chi connectivity index (χ2v) is 3.48. The molecular weight excluding hydrogens is 299 g/mol. The van der Waals surface area contributed by atoms with Gasteiger partial charge in [0, 0.05) is 19.3 Å². The van der Waals surface area contributed by atoms with Gasteiger partial charge in [0.1, 0.15) is 0 Å². The van der Waals surface area contributed by atoms with Gasteiger partial charge >= 0.3 is 17.1 Å². The van der Waals surface area contributed by atoms with Gasteiger partial charge in [0.05, 0.1) is 11.9 Å². The molecule has 0 heterocycles. The van der Waals surface area contributed by atoms with Crippen molar-refractivity contribution < 1.29 is 17.1 Å². The van der Waals surface area contributed by atoms with Crippen LogP contribution in [0.4, 0.5) is 0 Å². The zero-order chi connectivity index (χ0) is 11.8. The summed E-state index contributed by atoms with van der Waals surface area (Å²) < 4.78 is 0. The number of nitrogens with zero attached hydrogens (tertiary/aromatic N) is 5. The Kier molecular flexibility index (Phi) is 10.4. The van der Waals surface area contributed by atoms with Crippen LogP contribution in [0.15, 0.2) is 20.4 Å². The van der Waals surface area contributed by atoms with Crippen molar-refractivity contribution in [2.45, 2.75) is 6.92 Å². The third-order valence-corrected chi connectivity index (χ3v) is 1.61. The molecule has 6 nitrogen and oxygen atoms in total. The van der Waals surface area contributed by atoms with Crippen LogP contribution in [0, 0.1) is 0 Å². The van der Waals surface area contributed by atoms with E-state index in [9.17, 15) is 0 Å². The van der Waals surface area contributed by atoms with Crippen LogP contribution in [-0.4, -0.2) is 41.3 Å². The maximum atomic E-state index is 5.12. The molecule has 0 bridgehead atoms. The van der Waals surface area contributed by atoms with Crippen LogP contribution < -0.4 is 5.73 Å². The van der Waals surface area contributed by atoms with E-state index in [0.29, 0.717) is 10.9 Å². The third-order valence-electron chi connectivity index (χ3n) is 1.08. The van der Waals surface area contributed by atoms with E-state index in [2.05, 4.69) is 33.0 Å². The number of hydrogen-bond donors (Lipinski definition) is 1. The van der Waals surface area contributed by atoms with Crippen molar-refractivity contribution in [1.29, 1.82) is 0 Å². The number of nitrogens with two attached hydrogens (primary N) is 1. The summed E-state index contributed by atoms with van der Waals surface area (Å²) in [6.45, 7) is 1.69. The molecule has 0 aliphatic heterocycles. The molecule has 9 heteroatoms. The largest absolute Gasteiger partial charge is 2.00 e. The van der Waals surface area contributed by atoms with Crippen molar-refractivity contribution in [1.82, 2.24) is 4.90 Å². The average Bonchev–Trinajstić information content (AvgIpc) is 2.14. The Hall–Kier alpha value is -0.761. The van der Waals surface area contributed by atoms with Crippen LogP contribution in [0.2, 0.25) is 0 Å². The minimum absolute atomic E-state index is 0. The van der Waals surface area contributed by atoms with Gasteiger partial charge in [-0.1, -0.05) is 0 Å². The number of hydrogen-bond acceptors (Lipinski definition) is 6. The molecule has 0 aromatic rings. The van der Waals surface area contributed by atoms with Gasteiger partial charge in [-0.25, -0.2) is 0 Å². The van der Waals surface area contributed by atoms with E-state index >= 15 is 0 Å². The summed E-state index contributed by atoms with van der Waals surface area (Å²) >= 11 is 9.39. The quantitative estimate of drug-likeness (QED) is 0.255. The fourth-order valence-corrected chi connectivity index (χ4v) is 0.493. The minimum atomic E-state index is -0.0245. The molecule has 0 saturated carbocycles. The molecule has 0 aliphatic carbocycles. The first-order valence-corrected chi connectivity index (χ1v) is 4.75. The van der Waals surface area contributed by atoms with E-state index in [1.165, 1.54) is 6.21 Å². The number of amidine groups is 2. The van der Waals surface area contributed by atoms with E-state index in [-0.39, 0.29) is 22.2 Å². The molecule has 0 amide bonds. The molecule has 0 spiro atoms. The van der Waals surface area contributed by atoms with Gasteiger partial charge in [-0.05, 0) is 12.1 Å². The normalized spacial score (nSPS) is 13.8. The van der Waals surface area contributed by atoms with Crippen molar-refractivity contribution in [3.05, 3.63) is 0 Å². The summed E-state index contributed by atoms with van der Waals surface area (Å²) in [5.41, 5.74) is 5.65. The Balaban J connectivity index is 0. The maximum absolute atomic E-state index is 5.12. The summed E-state index contributed by atoms with van der Waals surface area (Å²) in [6, 6.07) is 0. The molecule has 0 rings (SSSR count). The average molecular weight is 311 g/mol. The summed E-state index contributed by atoms with van der Waals surface area (Å²) in [7, 11) is 3.56. The molecular formula is C7H12CuN6S2. The molecule has 0 aromatic heterocycles. The van der Waals surface area contributed by atoms with Crippen molar-refractivity contribution in [3.8, 4) is 0 Å². The van der Waals surface area contributed by atoms with Gasteiger partial charge in [0.15, 0.2) is 0 Å². The van der Waals surface area contributed by atoms with Crippen LogP contribution >= 0.6 is 0 Å². The summed E-state index contributed by atoms with van der Waals surface area (Å²) in [6.07, 6.45) is 1.41. The predicted molar refractivity (Wildman–Crippen MR) is 69.1 cm³/mol. The molecule has 0 aliphatic rings. The predicted octanol–water partition coefficient (Wildman–Crippen LogP) is -0.328. The Morgan fingerprint density at radius 1 is 1.19 bits per heavy atom. The van der Waals surface area contributed by atoms with Gasteiger partial charge in [-0.3, -0.25) is 0 Å². The second-order valence-electron chi connectivity index (χ2n) is 2.70. The fourth-order valence-electron chi connectivity index (χ4n) is 0.405. The molecule has 93 valence electrons. The molecule has 1 radical (unpaired) electrons. The van der Waals surface area contributed by atoms with Crippen molar-refractivity contribution in [3.63, 3.8) is 0 Å². The molecule has 0 unspecified atom stereocenters. The standard InChI is InChI=1S/C7H14N6S2.Cu/c1-5(10-11-6(8)14)4-9-12-7(15)13(2)3;/h4H,1-3H3,(H,12,15)(H3,8,11,14);/q;+2/p-2/b9-4+,10-5+;/i;1+3. The molecule has 0 atom stereocenters. The Labute approximate surface area is 116 Å². The number of rotatable bonds is 3. The Bertz CT molecular complexity index is 319. The van der Waals surface area contributed by atoms with Gasteiger partial charge in [-0.2, -0.15) is 20.4 Å². The van der Waals surface area contributed by atoms with Gasteiger partial charge in [0.25, 0.3) is 0 Å². The summed E-state index contributed by atoms with van der Waals surface area (Å²) in [5.74, 6) is 0. The van der Waals surface area contributed by atoms with Crippen LogP contribution in [0.1, 0.15) is 6.92 Å². The third kappa shape index (κ3) is 9.78. The zero-order valence-corrected chi connectivity index (χ0v) is 11.6. The smallest absolute Gasteiger partial charge is 0.741 e. The minimum Gasteiger partial charge on any atom is -0.741 e. The van der Waals surface area contributed by atoms with Crippen molar-refractivity contribution >= 4 is 47.5 Å². The van der Waals surface area contributed by atoms with Crippen molar-refractivity contribution in [2.24, 2.45) is 26.1 Å². The monoisotopic (exact) mass is 311 g/mol. The van der Waals surface area contributed by atoms with E-state index in [4.69, 9.17) is 18.4 Å². The van der Waals surface area contributed by atoms with Gasteiger partial charge in [-0.15, -0.1) is 0 Å². The van der Waals surface area contributed by atoms with Crippen LogP contribution in [0.3, 0.4) is 0 Å². The molecule has 0 fully saturated rings. The molecule has 2 N–H and O–H groups in total.